The molecule has 1 heterocycles. The van der Waals surface area contributed by atoms with Gasteiger partial charge < -0.3 is 20.0 Å². The lowest BCUT2D eigenvalue weighted by Crippen LogP contribution is -2.39. The minimum atomic E-state index is -0.124. The number of benzene rings is 3. The largest absolute Gasteiger partial charge is 0.378 e. The molecule has 0 aliphatic carbocycles. The molecule has 3 aromatic carbocycles. The summed E-state index contributed by atoms with van der Waals surface area (Å²) >= 11 is 0. The van der Waals surface area contributed by atoms with Crippen LogP contribution in [0.25, 0.3) is 10.8 Å². The van der Waals surface area contributed by atoms with Crippen LogP contribution in [0, 0.1) is 0 Å². The van der Waals surface area contributed by atoms with Gasteiger partial charge in [0.15, 0.2) is 0 Å². The number of amides is 3. The molecule has 4 rings (SSSR count). The van der Waals surface area contributed by atoms with Crippen molar-refractivity contribution in [3.8, 4) is 0 Å². The summed E-state index contributed by atoms with van der Waals surface area (Å²) in [5.41, 5.74) is 2.55. The first-order valence-corrected chi connectivity index (χ1v) is 10.6. The van der Waals surface area contributed by atoms with E-state index >= 15 is 0 Å². The summed E-state index contributed by atoms with van der Waals surface area (Å²) < 4.78 is 0. The van der Waals surface area contributed by atoms with Crippen molar-refractivity contribution in [3.05, 3.63) is 72.3 Å². The number of urea groups is 1. The van der Waals surface area contributed by atoms with E-state index in [1.807, 2.05) is 90.6 Å². The van der Waals surface area contributed by atoms with Crippen molar-refractivity contribution in [2.75, 3.05) is 50.5 Å². The second-order valence-electron chi connectivity index (χ2n) is 8.03. The molecule has 0 radical (unpaired) electrons. The topological polar surface area (TPSA) is 55.9 Å². The van der Waals surface area contributed by atoms with Gasteiger partial charge in [-0.3, -0.25) is 4.79 Å². The second-order valence-corrected chi connectivity index (χ2v) is 8.03. The number of carbonyl (C=O) groups is 2. The summed E-state index contributed by atoms with van der Waals surface area (Å²) in [7, 11) is 3.95. The zero-order chi connectivity index (χ0) is 21.8. The smallest absolute Gasteiger partial charge is 0.321 e. The number of nitrogens with one attached hydrogen (secondary N) is 1. The van der Waals surface area contributed by atoms with Crippen molar-refractivity contribution in [3.63, 3.8) is 0 Å². The Morgan fingerprint density at radius 1 is 0.806 bits per heavy atom. The molecule has 3 amide bonds. The molecule has 1 saturated heterocycles. The zero-order valence-corrected chi connectivity index (χ0v) is 18.0. The average molecular weight is 417 g/mol. The Bertz CT molecular complexity index is 1070. The summed E-state index contributed by atoms with van der Waals surface area (Å²) in [6.45, 7) is 2.31. The molecule has 1 aliphatic heterocycles. The van der Waals surface area contributed by atoms with E-state index in [4.69, 9.17) is 0 Å². The number of hydrogen-bond donors (Lipinski definition) is 1. The fraction of sp³-hybridized carbons (Fsp3) is 0.280. The molecule has 0 saturated carbocycles. The lowest BCUT2D eigenvalue weighted by atomic mass is 10.1. The van der Waals surface area contributed by atoms with Gasteiger partial charge in [-0.1, -0.05) is 36.4 Å². The van der Waals surface area contributed by atoms with Crippen LogP contribution in [0.1, 0.15) is 16.8 Å². The summed E-state index contributed by atoms with van der Waals surface area (Å²) in [4.78, 5) is 31.5. The van der Waals surface area contributed by atoms with Crippen molar-refractivity contribution < 1.29 is 9.59 Å². The maximum atomic E-state index is 12.9. The summed E-state index contributed by atoms with van der Waals surface area (Å²) in [5, 5.41) is 5.16. The van der Waals surface area contributed by atoms with Crippen molar-refractivity contribution in [2.24, 2.45) is 0 Å². The highest BCUT2D eigenvalue weighted by atomic mass is 16.2. The Kier molecular flexibility index (Phi) is 6.07. The maximum absolute atomic E-state index is 12.9. The Morgan fingerprint density at radius 3 is 2.26 bits per heavy atom. The van der Waals surface area contributed by atoms with Crippen LogP contribution in [0.2, 0.25) is 0 Å². The van der Waals surface area contributed by atoms with E-state index in [9.17, 15) is 9.59 Å². The number of carbonyl (C=O) groups excluding carboxylic acids is 2. The monoisotopic (exact) mass is 416 g/mol. The SMILES string of the molecule is CN(C)c1ccc(C(=O)N2CCCN(C(=O)Nc3cccc4ccccc34)CC2)cc1. The molecule has 1 N–H and O–H groups in total. The first-order chi connectivity index (χ1) is 15.0. The van der Waals surface area contributed by atoms with E-state index in [0.717, 1.165) is 28.6 Å². The molecular formula is C25H28N4O2. The van der Waals surface area contributed by atoms with E-state index in [0.29, 0.717) is 31.7 Å². The van der Waals surface area contributed by atoms with Crippen LogP contribution in [0.15, 0.2) is 66.7 Å². The molecule has 160 valence electrons. The first-order valence-electron chi connectivity index (χ1n) is 10.6. The molecule has 31 heavy (non-hydrogen) atoms. The fourth-order valence-corrected chi connectivity index (χ4v) is 3.94. The molecule has 0 bridgehead atoms. The van der Waals surface area contributed by atoms with Gasteiger partial charge in [0.2, 0.25) is 0 Å². The number of fused-ring (bicyclic) bond motifs is 1. The molecule has 1 fully saturated rings. The molecule has 3 aromatic rings. The number of nitrogens with zero attached hydrogens (tertiary/aromatic N) is 3. The highest BCUT2D eigenvalue weighted by Gasteiger charge is 2.23. The van der Waals surface area contributed by atoms with Crippen LogP contribution in [0.4, 0.5) is 16.2 Å². The molecule has 1 aliphatic rings. The molecule has 0 aromatic heterocycles. The van der Waals surface area contributed by atoms with Crippen LogP contribution in [0.5, 0.6) is 0 Å². The molecule has 6 nitrogen and oxygen atoms in total. The zero-order valence-electron chi connectivity index (χ0n) is 18.0. The number of hydrogen-bond acceptors (Lipinski definition) is 3. The van der Waals surface area contributed by atoms with Gasteiger partial charge in [0, 0.05) is 56.9 Å². The highest BCUT2D eigenvalue weighted by Crippen LogP contribution is 2.23. The van der Waals surface area contributed by atoms with E-state index in [1.165, 1.54) is 0 Å². The van der Waals surface area contributed by atoms with Crippen molar-refractivity contribution >= 4 is 34.1 Å². The van der Waals surface area contributed by atoms with Crippen molar-refractivity contribution in [1.29, 1.82) is 0 Å². The Balaban J connectivity index is 1.40. The third-order valence-electron chi connectivity index (χ3n) is 5.73. The standard InChI is InChI=1S/C25H28N4O2/c1-27(2)21-13-11-20(12-14-21)24(30)28-15-6-16-29(18-17-28)25(31)26-23-10-5-8-19-7-3-4-9-22(19)23/h3-5,7-14H,6,15-18H2,1-2H3,(H,26,31). The van der Waals surface area contributed by atoms with Gasteiger partial charge in [-0.15, -0.1) is 0 Å². The van der Waals surface area contributed by atoms with Gasteiger partial charge in [-0.2, -0.15) is 0 Å². The van der Waals surface area contributed by atoms with Crippen LogP contribution in [-0.2, 0) is 0 Å². The van der Waals surface area contributed by atoms with Gasteiger partial charge >= 0.3 is 6.03 Å². The molecule has 0 atom stereocenters. The van der Waals surface area contributed by atoms with E-state index in [2.05, 4.69) is 5.32 Å². The van der Waals surface area contributed by atoms with Gasteiger partial charge in [-0.25, -0.2) is 4.79 Å². The lowest BCUT2D eigenvalue weighted by molar-refractivity contribution is 0.0762. The van der Waals surface area contributed by atoms with Crippen molar-refractivity contribution in [2.45, 2.75) is 6.42 Å². The molecule has 0 spiro atoms. The summed E-state index contributed by atoms with van der Waals surface area (Å²) in [6, 6.07) is 21.4. The maximum Gasteiger partial charge on any atom is 0.321 e. The van der Waals surface area contributed by atoms with E-state index in [-0.39, 0.29) is 11.9 Å². The minimum Gasteiger partial charge on any atom is -0.378 e. The van der Waals surface area contributed by atoms with Gasteiger partial charge in [0.1, 0.15) is 0 Å². The first kappa shape index (κ1) is 20.7. The van der Waals surface area contributed by atoms with Crippen molar-refractivity contribution in [1.82, 2.24) is 9.80 Å². The average Bonchev–Trinajstić information content (AvgIpc) is 3.05. The minimum absolute atomic E-state index is 0.0154. The number of anilines is 2. The second kappa shape index (κ2) is 9.08. The van der Waals surface area contributed by atoms with Crippen LogP contribution in [-0.4, -0.2) is 62.0 Å². The quantitative estimate of drug-likeness (QED) is 0.693. The highest BCUT2D eigenvalue weighted by molar-refractivity contribution is 6.01. The summed E-state index contributed by atoms with van der Waals surface area (Å²) in [5.74, 6) is 0.0154. The van der Waals surface area contributed by atoms with E-state index in [1.54, 1.807) is 4.90 Å². The summed E-state index contributed by atoms with van der Waals surface area (Å²) in [6.07, 6.45) is 0.754. The van der Waals surface area contributed by atoms with E-state index < -0.39 is 0 Å². The lowest BCUT2D eigenvalue weighted by Gasteiger charge is -2.23. The molecule has 6 heteroatoms. The van der Waals surface area contributed by atoms with Crippen LogP contribution in [0.3, 0.4) is 0 Å². The Hall–Kier alpha value is -3.54. The predicted molar refractivity (Wildman–Crippen MR) is 126 cm³/mol. The Labute approximate surface area is 183 Å². The normalized spacial score (nSPS) is 14.3. The molecule has 0 unspecified atom stereocenters. The van der Waals surface area contributed by atoms with Gasteiger partial charge in [0.05, 0.1) is 5.69 Å². The van der Waals surface area contributed by atoms with Gasteiger partial charge in [0.25, 0.3) is 5.91 Å². The third-order valence-corrected chi connectivity index (χ3v) is 5.73. The van der Waals surface area contributed by atoms with Crippen LogP contribution >= 0.6 is 0 Å². The Morgan fingerprint density at radius 2 is 1.48 bits per heavy atom. The predicted octanol–water partition coefficient (Wildman–Crippen LogP) is 4.29. The molecular weight excluding hydrogens is 388 g/mol. The fourth-order valence-electron chi connectivity index (χ4n) is 3.94. The number of rotatable bonds is 3. The third kappa shape index (κ3) is 4.63. The van der Waals surface area contributed by atoms with Gasteiger partial charge in [-0.05, 0) is 42.1 Å². The van der Waals surface area contributed by atoms with Crippen LogP contribution < -0.4 is 10.2 Å².